The van der Waals surface area contributed by atoms with Crippen LogP contribution in [0.2, 0.25) is 0 Å². The molecular weight excluding hydrogens is 236 g/mol. The zero-order valence-electron chi connectivity index (χ0n) is 10.2. The van der Waals surface area contributed by atoms with Crippen LogP contribution in [-0.2, 0) is 6.54 Å². The van der Waals surface area contributed by atoms with E-state index in [1.807, 2.05) is 13.2 Å². The van der Waals surface area contributed by atoms with E-state index in [1.54, 1.807) is 28.6 Å². The predicted octanol–water partition coefficient (Wildman–Crippen LogP) is 1.35. The number of hydrogen-bond acceptors (Lipinski definition) is 3. The Morgan fingerprint density at radius 3 is 2.88 bits per heavy atom. The minimum atomic E-state index is -0.175. The molecule has 17 heavy (non-hydrogen) atoms. The summed E-state index contributed by atoms with van der Waals surface area (Å²) >= 11 is 1.75. The summed E-state index contributed by atoms with van der Waals surface area (Å²) < 4.78 is 1.56. The van der Waals surface area contributed by atoms with E-state index in [1.165, 1.54) is 6.07 Å². The van der Waals surface area contributed by atoms with Crippen molar-refractivity contribution in [3.8, 4) is 0 Å². The molecule has 1 amide bonds. The lowest BCUT2D eigenvalue weighted by Crippen LogP contribution is -2.27. The molecule has 1 aromatic heterocycles. The smallest absolute Gasteiger partial charge is 0.251 e. The lowest BCUT2D eigenvalue weighted by atomic mass is 10.2. The van der Waals surface area contributed by atoms with E-state index in [0.29, 0.717) is 18.7 Å². The Hall–Kier alpha value is -1.23. The number of amides is 1. The van der Waals surface area contributed by atoms with Gasteiger partial charge in [0, 0.05) is 30.9 Å². The summed E-state index contributed by atoms with van der Waals surface area (Å²) in [5.74, 6) is 0.851. The van der Waals surface area contributed by atoms with Gasteiger partial charge in [-0.15, -0.1) is 0 Å². The van der Waals surface area contributed by atoms with E-state index in [0.717, 1.165) is 12.2 Å². The van der Waals surface area contributed by atoms with Crippen molar-refractivity contribution >= 4 is 17.7 Å². The van der Waals surface area contributed by atoms with Gasteiger partial charge in [-0.25, -0.2) is 0 Å². The first-order valence-corrected chi connectivity index (χ1v) is 7.06. The molecule has 4 nitrogen and oxygen atoms in total. The van der Waals surface area contributed by atoms with Gasteiger partial charge < -0.3 is 9.88 Å². The van der Waals surface area contributed by atoms with Gasteiger partial charge in [0.05, 0.1) is 0 Å². The van der Waals surface area contributed by atoms with Gasteiger partial charge in [0.2, 0.25) is 0 Å². The van der Waals surface area contributed by atoms with E-state index in [9.17, 15) is 9.59 Å². The van der Waals surface area contributed by atoms with Crippen LogP contribution < -0.4 is 10.9 Å². The molecule has 0 radical (unpaired) electrons. The number of carbonyl (C=O) groups excluding carboxylic acids is 1. The quantitative estimate of drug-likeness (QED) is 0.780. The SMILES string of the molecule is CCn1ccc(C(=O)NCCCSC)cc1=O. The first kappa shape index (κ1) is 13.8. The number of carbonyl (C=O) groups is 1. The lowest BCUT2D eigenvalue weighted by molar-refractivity contribution is 0.0953. The standard InChI is InChI=1S/C12H18N2O2S/c1-3-14-7-5-10(9-11(14)15)12(16)13-6-4-8-17-2/h5,7,9H,3-4,6,8H2,1-2H3,(H,13,16). The zero-order valence-corrected chi connectivity index (χ0v) is 11.0. The molecule has 1 aromatic rings. The maximum Gasteiger partial charge on any atom is 0.251 e. The summed E-state index contributed by atoms with van der Waals surface area (Å²) in [5, 5.41) is 2.80. The molecule has 0 aliphatic heterocycles. The van der Waals surface area contributed by atoms with Gasteiger partial charge >= 0.3 is 0 Å². The molecule has 1 N–H and O–H groups in total. The third-order valence-electron chi connectivity index (χ3n) is 2.41. The van der Waals surface area contributed by atoms with Crippen LogP contribution in [0.4, 0.5) is 0 Å². The van der Waals surface area contributed by atoms with Crippen LogP contribution in [-0.4, -0.2) is 29.0 Å². The topological polar surface area (TPSA) is 51.1 Å². The van der Waals surface area contributed by atoms with Gasteiger partial charge in [0.15, 0.2) is 0 Å². The highest BCUT2D eigenvalue weighted by molar-refractivity contribution is 7.98. The number of aromatic nitrogens is 1. The van der Waals surface area contributed by atoms with E-state index in [2.05, 4.69) is 5.32 Å². The van der Waals surface area contributed by atoms with Crippen LogP contribution in [0.1, 0.15) is 23.7 Å². The molecule has 0 bridgehead atoms. The summed E-state index contributed by atoms with van der Waals surface area (Å²) in [4.78, 5) is 23.2. The van der Waals surface area contributed by atoms with Crippen LogP contribution in [0.5, 0.6) is 0 Å². The number of hydrogen-bond donors (Lipinski definition) is 1. The van der Waals surface area contributed by atoms with Crippen molar-refractivity contribution in [3.63, 3.8) is 0 Å². The Morgan fingerprint density at radius 1 is 1.53 bits per heavy atom. The number of rotatable bonds is 6. The average Bonchev–Trinajstić information content (AvgIpc) is 2.34. The van der Waals surface area contributed by atoms with Gasteiger partial charge in [0.1, 0.15) is 0 Å². The van der Waals surface area contributed by atoms with Gasteiger partial charge in [-0.05, 0) is 31.4 Å². The fourth-order valence-electron chi connectivity index (χ4n) is 1.43. The maximum absolute atomic E-state index is 11.7. The number of aryl methyl sites for hydroxylation is 1. The van der Waals surface area contributed by atoms with Gasteiger partial charge in [0.25, 0.3) is 11.5 Å². The van der Waals surface area contributed by atoms with Crippen molar-refractivity contribution in [1.29, 1.82) is 0 Å². The Morgan fingerprint density at radius 2 is 2.29 bits per heavy atom. The second kappa shape index (κ2) is 7.17. The minimum absolute atomic E-state index is 0.135. The molecule has 0 saturated carbocycles. The fraction of sp³-hybridized carbons (Fsp3) is 0.500. The summed E-state index contributed by atoms with van der Waals surface area (Å²) in [6.45, 7) is 3.16. The number of nitrogens with zero attached hydrogens (tertiary/aromatic N) is 1. The van der Waals surface area contributed by atoms with E-state index in [4.69, 9.17) is 0 Å². The highest BCUT2D eigenvalue weighted by atomic mass is 32.2. The largest absolute Gasteiger partial charge is 0.352 e. The van der Waals surface area contributed by atoms with Crippen LogP contribution in [0.25, 0.3) is 0 Å². The maximum atomic E-state index is 11.7. The second-order valence-electron chi connectivity index (χ2n) is 3.64. The van der Waals surface area contributed by atoms with Gasteiger partial charge in [-0.3, -0.25) is 9.59 Å². The normalized spacial score (nSPS) is 10.2. The van der Waals surface area contributed by atoms with Crippen molar-refractivity contribution in [3.05, 3.63) is 34.2 Å². The molecule has 5 heteroatoms. The average molecular weight is 254 g/mol. The Balaban J connectivity index is 2.57. The Bertz CT molecular complexity index is 429. The van der Waals surface area contributed by atoms with E-state index in [-0.39, 0.29) is 11.5 Å². The van der Waals surface area contributed by atoms with E-state index >= 15 is 0 Å². The van der Waals surface area contributed by atoms with Crippen LogP contribution in [0, 0.1) is 0 Å². The van der Waals surface area contributed by atoms with Gasteiger partial charge in [-0.2, -0.15) is 11.8 Å². The molecule has 0 aliphatic carbocycles. The summed E-state index contributed by atoms with van der Waals surface area (Å²) in [6, 6.07) is 3.06. The monoisotopic (exact) mass is 254 g/mol. The molecule has 0 aliphatic rings. The third-order valence-corrected chi connectivity index (χ3v) is 3.11. The molecule has 0 fully saturated rings. The van der Waals surface area contributed by atoms with Crippen LogP contribution >= 0.6 is 11.8 Å². The number of nitrogens with one attached hydrogen (secondary N) is 1. The van der Waals surface area contributed by atoms with Crippen molar-refractivity contribution in [1.82, 2.24) is 9.88 Å². The molecular formula is C12H18N2O2S. The van der Waals surface area contributed by atoms with Crippen molar-refractivity contribution in [2.24, 2.45) is 0 Å². The van der Waals surface area contributed by atoms with Crippen LogP contribution in [0.3, 0.4) is 0 Å². The molecule has 1 rings (SSSR count). The van der Waals surface area contributed by atoms with Crippen molar-refractivity contribution in [2.75, 3.05) is 18.6 Å². The fourth-order valence-corrected chi connectivity index (χ4v) is 1.86. The lowest BCUT2D eigenvalue weighted by Gasteiger charge is -2.06. The molecule has 0 aromatic carbocycles. The van der Waals surface area contributed by atoms with Crippen molar-refractivity contribution < 1.29 is 4.79 Å². The first-order chi connectivity index (χ1) is 8.19. The number of pyridine rings is 1. The number of thioether (sulfide) groups is 1. The van der Waals surface area contributed by atoms with Crippen molar-refractivity contribution in [2.45, 2.75) is 19.9 Å². The highest BCUT2D eigenvalue weighted by Gasteiger charge is 2.05. The third kappa shape index (κ3) is 4.26. The Labute approximate surface area is 105 Å². The minimum Gasteiger partial charge on any atom is -0.352 e. The molecule has 0 spiro atoms. The van der Waals surface area contributed by atoms with Gasteiger partial charge in [-0.1, -0.05) is 0 Å². The first-order valence-electron chi connectivity index (χ1n) is 5.66. The zero-order chi connectivity index (χ0) is 12.7. The van der Waals surface area contributed by atoms with Crippen LogP contribution in [0.15, 0.2) is 23.1 Å². The predicted molar refractivity (Wildman–Crippen MR) is 71.7 cm³/mol. The summed E-state index contributed by atoms with van der Waals surface area (Å²) in [7, 11) is 0. The molecule has 94 valence electrons. The summed E-state index contributed by atoms with van der Waals surface area (Å²) in [6.07, 6.45) is 4.63. The highest BCUT2D eigenvalue weighted by Crippen LogP contribution is 1.97. The molecule has 0 atom stereocenters. The second-order valence-corrected chi connectivity index (χ2v) is 4.63. The van der Waals surface area contributed by atoms with E-state index < -0.39 is 0 Å². The Kier molecular flexibility index (Phi) is 5.83. The molecule has 0 unspecified atom stereocenters. The molecule has 0 saturated heterocycles. The molecule has 1 heterocycles. The summed E-state index contributed by atoms with van der Waals surface area (Å²) in [5.41, 5.74) is 0.299.